The lowest BCUT2D eigenvalue weighted by molar-refractivity contribution is -0.127. The summed E-state index contributed by atoms with van der Waals surface area (Å²) in [5.41, 5.74) is 2.73. The fourth-order valence-corrected chi connectivity index (χ4v) is 6.07. The first-order valence-electron chi connectivity index (χ1n) is 12.6. The summed E-state index contributed by atoms with van der Waals surface area (Å²) in [7, 11) is 0. The van der Waals surface area contributed by atoms with Crippen molar-refractivity contribution in [3.8, 4) is 11.1 Å². The van der Waals surface area contributed by atoms with Gasteiger partial charge in [0.25, 0.3) is 5.56 Å². The molecule has 2 bridgehead atoms. The minimum Gasteiger partial charge on any atom is -0.396 e. The van der Waals surface area contributed by atoms with Crippen molar-refractivity contribution >= 4 is 5.91 Å². The van der Waals surface area contributed by atoms with Gasteiger partial charge < -0.3 is 15.0 Å². The maximum Gasteiger partial charge on any atom is 0.258 e. The molecule has 1 amide bonds. The number of pyridine rings is 2. The predicted molar refractivity (Wildman–Crippen MR) is 132 cm³/mol. The molecule has 6 rings (SSSR count). The average Bonchev–Trinajstić information content (AvgIpc) is 3.68. The molecule has 4 heterocycles. The van der Waals surface area contributed by atoms with E-state index in [1.54, 1.807) is 35.2 Å². The molecule has 3 aliphatic rings. The third kappa shape index (κ3) is 4.04. The first-order chi connectivity index (χ1) is 17.5. The lowest BCUT2D eigenvalue weighted by atomic mass is 9.86. The Kier molecular flexibility index (Phi) is 5.93. The highest BCUT2D eigenvalue weighted by Gasteiger charge is 2.56. The number of benzene rings is 1. The van der Waals surface area contributed by atoms with Crippen LogP contribution in [-0.2, 0) is 17.9 Å². The minimum atomic E-state index is -0.510. The SMILES string of the molecule is O=C(NCc1cccc(F)c1)[C@H]1[C@H](CO)[C@H]2Cn3c(ccc(-c4cccnc4)c3=O)[C@@H]1N2CC1CC1. The Morgan fingerprint density at radius 1 is 1.17 bits per heavy atom. The van der Waals surface area contributed by atoms with Crippen molar-refractivity contribution in [1.29, 1.82) is 0 Å². The van der Waals surface area contributed by atoms with Gasteiger partial charge in [-0.05, 0) is 54.7 Å². The van der Waals surface area contributed by atoms with Crippen LogP contribution in [0.4, 0.5) is 4.39 Å². The van der Waals surface area contributed by atoms with Gasteiger partial charge in [0, 0.05) is 67.4 Å². The number of nitrogens with zero attached hydrogens (tertiary/aromatic N) is 3. The molecule has 2 N–H and O–H groups in total. The van der Waals surface area contributed by atoms with Crippen molar-refractivity contribution in [2.24, 2.45) is 17.8 Å². The van der Waals surface area contributed by atoms with Gasteiger partial charge in [-0.25, -0.2) is 4.39 Å². The molecule has 2 aliphatic heterocycles. The second kappa shape index (κ2) is 9.26. The molecule has 1 saturated heterocycles. The van der Waals surface area contributed by atoms with E-state index in [2.05, 4.69) is 15.2 Å². The third-order valence-electron chi connectivity index (χ3n) is 7.97. The molecule has 1 aliphatic carbocycles. The number of hydrogen-bond acceptors (Lipinski definition) is 5. The Morgan fingerprint density at radius 2 is 2.03 bits per heavy atom. The van der Waals surface area contributed by atoms with Gasteiger partial charge in [0.05, 0.1) is 12.0 Å². The van der Waals surface area contributed by atoms with Crippen LogP contribution in [0.1, 0.15) is 30.1 Å². The second-order valence-electron chi connectivity index (χ2n) is 10.2. The van der Waals surface area contributed by atoms with E-state index >= 15 is 0 Å². The Balaban J connectivity index is 1.36. The fraction of sp³-hybridized carbons (Fsp3) is 0.393. The summed E-state index contributed by atoms with van der Waals surface area (Å²) in [5, 5.41) is 13.4. The number of rotatable bonds is 7. The standard InChI is InChI=1S/C28H29FN4O3/c29-20-5-1-3-18(11-20)12-31-27(35)25-22(16-34)24-15-33-23(26(25)32(24)14-17-6-7-17)9-8-21(28(33)36)19-4-2-10-30-13-19/h1-5,8-11,13,17,22,24-26,34H,6-7,12,14-16H2,(H,31,35)/t22-,24-,25+,26+/m1/s1. The van der Waals surface area contributed by atoms with E-state index in [1.165, 1.54) is 25.0 Å². The number of aliphatic hydroxyl groups is 1. The molecule has 1 aromatic carbocycles. The number of amides is 1. The van der Waals surface area contributed by atoms with Crippen LogP contribution in [0.25, 0.3) is 11.1 Å². The molecule has 2 fully saturated rings. The monoisotopic (exact) mass is 488 g/mol. The van der Waals surface area contributed by atoms with Gasteiger partial charge in [-0.3, -0.25) is 19.5 Å². The van der Waals surface area contributed by atoms with Crippen LogP contribution in [0, 0.1) is 23.6 Å². The molecule has 0 radical (unpaired) electrons. The molecule has 8 heteroatoms. The molecule has 0 unspecified atom stereocenters. The molecule has 2 aromatic heterocycles. The Hall–Kier alpha value is -3.36. The molecular formula is C28H29FN4O3. The van der Waals surface area contributed by atoms with Gasteiger partial charge in [-0.15, -0.1) is 0 Å². The number of aromatic nitrogens is 2. The van der Waals surface area contributed by atoms with Crippen LogP contribution in [0.3, 0.4) is 0 Å². The summed E-state index contributed by atoms with van der Waals surface area (Å²) in [6.07, 6.45) is 5.69. The van der Waals surface area contributed by atoms with Crippen molar-refractivity contribution in [2.75, 3.05) is 13.2 Å². The average molecular weight is 489 g/mol. The van der Waals surface area contributed by atoms with Gasteiger partial charge in [-0.1, -0.05) is 18.2 Å². The van der Waals surface area contributed by atoms with E-state index in [1.807, 2.05) is 18.2 Å². The molecule has 36 heavy (non-hydrogen) atoms. The van der Waals surface area contributed by atoms with Gasteiger partial charge in [0.1, 0.15) is 5.82 Å². The van der Waals surface area contributed by atoms with Crippen LogP contribution in [-0.4, -0.2) is 44.7 Å². The zero-order valence-electron chi connectivity index (χ0n) is 19.9. The number of carbonyl (C=O) groups is 1. The molecule has 7 nitrogen and oxygen atoms in total. The quantitative estimate of drug-likeness (QED) is 0.534. The summed E-state index contributed by atoms with van der Waals surface area (Å²) in [6, 6.07) is 13.2. The van der Waals surface area contributed by atoms with Crippen LogP contribution in [0.2, 0.25) is 0 Å². The lowest BCUT2D eigenvalue weighted by Gasteiger charge is -2.38. The van der Waals surface area contributed by atoms with Gasteiger partial charge in [0.15, 0.2) is 0 Å². The van der Waals surface area contributed by atoms with E-state index in [0.29, 0.717) is 23.6 Å². The molecule has 4 atom stereocenters. The number of halogens is 1. The maximum atomic E-state index is 13.6. The Morgan fingerprint density at radius 3 is 2.75 bits per heavy atom. The topological polar surface area (TPSA) is 87.5 Å². The van der Waals surface area contributed by atoms with Crippen LogP contribution in [0.15, 0.2) is 65.7 Å². The largest absolute Gasteiger partial charge is 0.396 e. The second-order valence-corrected chi connectivity index (χ2v) is 10.2. The third-order valence-corrected chi connectivity index (χ3v) is 7.97. The van der Waals surface area contributed by atoms with Crippen molar-refractivity contribution in [3.05, 3.63) is 88.4 Å². The number of aliphatic hydroxyl groups excluding tert-OH is 1. The van der Waals surface area contributed by atoms with Crippen molar-refractivity contribution in [2.45, 2.75) is 38.0 Å². The van der Waals surface area contributed by atoms with Crippen LogP contribution >= 0.6 is 0 Å². The summed E-state index contributed by atoms with van der Waals surface area (Å²) in [4.78, 5) is 33.7. The van der Waals surface area contributed by atoms with Crippen molar-refractivity contribution in [1.82, 2.24) is 19.8 Å². The lowest BCUT2D eigenvalue weighted by Crippen LogP contribution is -2.47. The summed E-state index contributed by atoms with van der Waals surface area (Å²) < 4.78 is 15.4. The number of nitrogens with one attached hydrogen (secondary N) is 1. The summed E-state index contributed by atoms with van der Waals surface area (Å²) >= 11 is 0. The zero-order valence-corrected chi connectivity index (χ0v) is 19.9. The maximum absolute atomic E-state index is 13.6. The Bertz CT molecular complexity index is 1340. The smallest absolute Gasteiger partial charge is 0.258 e. The van der Waals surface area contributed by atoms with E-state index in [0.717, 1.165) is 17.8 Å². The molecule has 186 valence electrons. The van der Waals surface area contributed by atoms with Gasteiger partial charge in [-0.2, -0.15) is 0 Å². The van der Waals surface area contributed by atoms with E-state index < -0.39 is 5.92 Å². The van der Waals surface area contributed by atoms with Gasteiger partial charge in [0.2, 0.25) is 5.91 Å². The van der Waals surface area contributed by atoms with Crippen molar-refractivity contribution in [3.63, 3.8) is 0 Å². The predicted octanol–water partition coefficient (Wildman–Crippen LogP) is 2.74. The number of carbonyl (C=O) groups excluding carboxylic acids is 1. The first kappa shape index (κ1) is 23.1. The number of hydrogen-bond donors (Lipinski definition) is 2. The van der Waals surface area contributed by atoms with Crippen molar-refractivity contribution < 1.29 is 14.3 Å². The van der Waals surface area contributed by atoms with E-state index in [-0.39, 0.29) is 48.4 Å². The van der Waals surface area contributed by atoms with Crippen LogP contribution in [0.5, 0.6) is 0 Å². The Labute approximate surface area is 208 Å². The highest BCUT2D eigenvalue weighted by Crippen LogP contribution is 2.50. The first-order valence-corrected chi connectivity index (χ1v) is 12.6. The van der Waals surface area contributed by atoms with Gasteiger partial charge >= 0.3 is 0 Å². The van der Waals surface area contributed by atoms with E-state index in [9.17, 15) is 19.1 Å². The van der Waals surface area contributed by atoms with E-state index in [4.69, 9.17) is 0 Å². The fourth-order valence-electron chi connectivity index (χ4n) is 6.07. The molecule has 3 aromatic rings. The molecular weight excluding hydrogens is 459 g/mol. The summed E-state index contributed by atoms with van der Waals surface area (Å²) in [5.74, 6) is -0.743. The highest BCUT2D eigenvalue weighted by atomic mass is 19.1. The molecule has 0 spiro atoms. The number of fused-ring (bicyclic) bond motifs is 4. The van der Waals surface area contributed by atoms with Crippen LogP contribution < -0.4 is 10.9 Å². The highest BCUT2D eigenvalue weighted by molar-refractivity contribution is 5.80. The zero-order chi connectivity index (χ0) is 24.8. The molecule has 1 saturated carbocycles. The normalized spacial score (nSPS) is 24.9. The minimum absolute atomic E-state index is 0.0981. The summed E-state index contributed by atoms with van der Waals surface area (Å²) in [6.45, 7) is 1.36.